The van der Waals surface area contributed by atoms with Gasteiger partial charge >= 0.3 is 0 Å². The van der Waals surface area contributed by atoms with Gasteiger partial charge in [0.15, 0.2) is 0 Å². The molecule has 0 bridgehead atoms. The first-order valence-electron chi connectivity index (χ1n) is 2.53. The molecule has 0 aromatic rings. The molecule has 0 saturated carbocycles. The number of carbonyl (C=O) groups excluding carboxylic acids is 1. The molecule has 3 N–H and O–H groups in total. The van der Waals surface area contributed by atoms with E-state index < -0.39 is 11.5 Å². The summed E-state index contributed by atoms with van der Waals surface area (Å²) >= 11 is 0. The van der Waals surface area contributed by atoms with Crippen LogP contribution in [-0.4, -0.2) is 16.6 Å². The van der Waals surface area contributed by atoms with Crippen molar-refractivity contribution >= 4 is 5.91 Å². The van der Waals surface area contributed by atoms with Gasteiger partial charge in [0.05, 0.1) is 0 Å². The monoisotopic (exact) mass is 117 g/mol. The summed E-state index contributed by atoms with van der Waals surface area (Å²) in [5.41, 5.74) is 3.47. The van der Waals surface area contributed by atoms with Gasteiger partial charge in [-0.05, 0) is 13.3 Å². The molecule has 0 heterocycles. The molecule has 48 valence electrons. The molecule has 0 rings (SSSR count). The summed E-state index contributed by atoms with van der Waals surface area (Å²) in [7, 11) is 0. The van der Waals surface area contributed by atoms with Crippen molar-refractivity contribution in [3.05, 3.63) is 0 Å². The summed E-state index contributed by atoms with van der Waals surface area (Å²) < 4.78 is 0. The van der Waals surface area contributed by atoms with Crippen LogP contribution in [0.1, 0.15) is 20.3 Å². The second kappa shape index (κ2) is 2.13. The number of primary amides is 1. The number of hydrogen-bond donors (Lipinski definition) is 2. The lowest BCUT2D eigenvalue weighted by Gasteiger charge is -2.14. The van der Waals surface area contributed by atoms with E-state index in [9.17, 15) is 4.79 Å². The molecule has 0 radical (unpaired) electrons. The molecule has 1 atom stereocenters. The van der Waals surface area contributed by atoms with Gasteiger partial charge in [-0.2, -0.15) is 0 Å². The molecule has 3 heteroatoms. The summed E-state index contributed by atoms with van der Waals surface area (Å²) in [6.45, 7) is 3.10. The third-order valence-corrected chi connectivity index (χ3v) is 1.22. The SMILES string of the molecule is CC[C@@](C)(O)C(N)=O. The highest BCUT2D eigenvalue weighted by Crippen LogP contribution is 2.05. The quantitative estimate of drug-likeness (QED) is 0.518. The topological polar surface area (TPSA) is 63.3 Å². The Labute approximate surface area is 48.5 Å². The molecule has 0 fully saturated rings. The average molecular weight is 117 g/mol. The van der Waals surface area contributed by atoms with E-state index in [-0.39, 0.29) is 0 Å². The normalized spacial score (nSPS) is 17.4. The molecular formula is C5H11NO2. The van der Waals surface area contributed by atoms with Gasteiger partial charge in [-0.3, -0.25) is 4.79 Å². The van der Waals surface area contributed by atoms with Crippen molar-refractivity contribution in [2.75, 3.05) is 0 Å². The lowest BCUT2D eigenvalue weighted by atomic mass is 10.0. The van der Waals surface area contributed by atoms with Crippen LogP contribution >= 0.6 is 0 Å². The van der Waals surface area contributed by atoms with Crippen molar-refractivity contribution in [1.29, 1.82) is 0 Å². The van der Waals surface area contributed by atoms with E-state index in [1.165, 1.54) is 6.92 Å². The summed E-state index contributed by atoms with van der Waals surface area (Å²) in [4.78, 5) is 10.2. The third-order valence-electron chi connectivity index (χ3n) is 1.22. The van der Waals surface area contributed by atoms with Gasteiger partial charge in [0.2, 0.25) is 5.91 Å². The Balaban J connectivity index is 3.91. The highest BCUT2D eigenvalue weighted by molar-refractivity contribution is 5.82. The second-order valence-corrected chi connectivity index (χ2v) is 1.99. The van der Waals surface area contributed by atoms with E-state index in [2.05, 4.69) is 0 Å². The van der Waals surface area contributed by atoms with Gasteiger partial charge < -0.3 is 10.8 Å². The molecule has 0 aromatic heterocycles. The molecular weight excluding hydrogens is 106 g/mol. The highest BCUT2D eigenvalue weighted by atomic mass is 16.3. The van der Waals surface area contributed by atoms with Gasteiger partial charge in [0, 0.05) is 0 Å². The Morgan fingerprint density at radius 1 is 1.88 bits per heavy atom. The van der Waals surface area contributed by atoms with E-state index in [1.807, 2.05) is 0 Å². The fourth-order valence-electron chi connectivity index (χ4n) is 0.174. The Kier molecular flexibility index (Phi) is 1.98. The first kappa shape index (κ1) is 7.43. The molecule has 0 spiro atoms. The van der Waals surface area contributed by atoms with E-state index in [1.54, 1.807) is 6.92 Å². The van der Waals surface area contributed by atoms with Crippen LogP contribution in [0, 0.1) is 0 Å². The minimum Gasteiger partial charge on any atom is -0.380 e. The Morgan fingerprint density at radius 3 is 2.25 bits per heavy atom. The minimum atomic E-state index is -1.32. The number of nitrogens with two attached hydrogens (primary N) is 1. The van der Waals surface area contributed by atoms with Crippen molar-refractivity contribution in [1.82, 2.24) is 0 Å². The van der Waals surface area contributed by atoms with Crippen LogP contribution in [0.5, 0.6) is 0 Å². The zero-order valence-corrected chi connectivity index (χ0v) is 5.14. The zero-order chi connectivity index (χ0) is 6.78. The van der Waals surface area contributed by atoms with Crippen LogP contribution in [-0.2, 0) is 4.79 Å². The molecule has 0 aliphatic heterocycles. The van der Waals surface area contributed by atoms with E-state index in [0.717, 1.165) is 0 Å². The van der Waals surface area contributed by atoms with Crippen molar-refractivity contribution in [2.24, 2.45) is 5.73 Å². The Hall–Kier alpha value is -0.570. The van der Waals surface area contributed by atoms with Crippen LogP contribution < -0.4 is 5.73 Å². The first-order chi connectivity index (χ1) is 3.50. The zero-order valence-electron chi connectivity index (χ0n) is 5.14. The Morgan fingerprint density at radius 2 is 2.25 bits per heavy atom. The first-order valence-corrected chi connectivity index (χ1v) is 2.53. The van der Waals surface area contributed by atoms with Crippen LogP contribution in [0.3, 0.4) is 0 Å². The van der Waals surface area contributed by atoms with Gasteiger partial charge in [0.1, 0.15) is 5.60 Å². The van der Waals surface area contributed by atoms with Gasteiger partial charge in [-0.25, -0.2) is 0 Å². The third kappa shape index (κ3) is 1.50. The maximum Gasteiger partial charge on any atom is 0.249 e. The second-order valence-electron chi connectivity index (χ2n) is 1.99. The summed E-state index contributed by atoms with van der Waals surface area (Å²) in [6.07, 6.45) is 0.363. The average Bonchev–Trinajstić information content (AvgIpc) is 1.67. The van der Waals surface area contributed by atoms with Gasteiger partial charge in [-0.1, -0.05) is 6.92 Å². The lowest BCUT2D eigenvalue weighted by Crippen LogP contribution is -2.39. The van der Waals surface area contributed by atoms with Gasteiger partial charge in [-0.15, -0.1) is 0 Å². The highest BCUT2D eigenvalue weighted by Gasteiger charge is 2.23. The molecule has 8 heavy (non-hydrogen) atoms. The lowest BCUT2D eigenvalue weighted by molar-refractivity contribution is -0.134. The maximum absolute atomic E-state index is 10.2. The summed E-state index contributed by atoms with van der Waals surface area (Å²) in [6, 6.07) is 0. The largest absolute Gasteiger partial charge is 0.380 e. The number of aliphatic hydroxyl groups is 1. The molecule has 3 nitrogen and oxygen atoms in total. The number of carbonyl (C=O) groups is 1. The molecule has 0 unspecified atom stereocenters. The molecule has 0 aliphatic carbocycles. The molecule has 0 aromatic carbocycles. The van der Waals surface area contributed by atoms with Crippen molar-refractivity contribution in [3.8, 4) is 0 Å². The smallest absolute Gasteiger partial charge is 0.249 e. The van der Waals surface area contributed by atoms with E-state index in [4.69, 9.17) is 10.8 Å². The molecule has 0 aliphatic rings. The van der Waals surface area contributed by atoms with Crippen molar-refractivity contribution < 1.29 is 9.90 Å². The maximum atomic E-state index is 10.2. The van der Waals surface area contributed by atoms with Crippen LogP contribution in [0.25, 0.3) is 0 Å². The van der Waals surface area contributed by atoms with Crippen LogP contribution in [0.2, 0.25) is 0 Å². The number of amides is 1. The van der Waals surface area contributed by atoms with Crippen molar-refractivity contribution in [3.63, 3.8) is 0 Å². The van der Waals surface area contributed by atoms with E-state index >= 15 is 0 Å². The number of rotatable bonds is 2. The van der Waals surface area contributed by atoms with Crippen LogP contribution in [0.4, 0.5) is 0 Å². The summed E-state index contributed by atoms with van der Waals surface area (Å²) in [5, 5.41) is 8.93. The fraction of sp³-hybridized carbons (Fsp3) is 0.800. The molecule has 0 saturated heterocycles. The Bertz CT molecular complexity index is 98.6. The minimum absolute atomic E-state index is 0.363. The predicted molar refractivity (Wildman–Crippen MR) is 30.1 cm³/mol. The fourth-order valence-corrected chi connectivity index (χ4v) is 0.174. The number of hydrogen-bond acceptors (Lipinski definition) is 2. The van der Waals surface area contributed by atoms with Crippen molar-refractivity contribution in [2.45, 2.75) is 25.9 Å². The predicted octanol–water partition coefficient (Wildman–Crippen LogP) is -0.367. The molecule has 1 amide bonds. The standard InChI is InChI=1S/C5H11NO2/c1-3-5(2,8)4(6)7/h8H,3H2,1-2H3,(H2,6,7)/t5-/m1/s1. The van der Waals surface area contributed by atoms with Gasteiger partial charge in [0.25, 0.3) is 0 Å². The van der Waals surface area contributed by atoms with E-state index in [0.29, 0.717) is 6.42 Å². The summed E-state index contributed by atoms with van der Waals surface area (Å²) in [5.74, 6) is -0.667. The van der Waals surface area contributed by atoms with Crippen LogP contribution in [0.15, 0.2) is 0 Å².